The number of carbonyl (C=O) groups excluding carboxylic acids is 1. The highest BCUT2D eigenvalue weighted by molar-refractivity contribution is 7.92. The summed E-state index contributed by atoms with van der Waals surface area (Å²) in [4.78, 5) is 13.0. The van der Waals surface area contributed by atoms with Crippen molar-refractivity contribution in [1.29, 1.82) is 0 Å². The summed E-state index contributed by atoms with van der Waals surface area (Å²) in [5.41, 5.74) is 1.34. The van der Waals surface area contributed by atoms with Gasteiger partial charge in [0.1, 0.15) is 6.54 Å². The van der Waals surface area contributed by atoms with E-state index in [1.165, 1.54) is 32.4 Å². The molecule has 0 aliphatic heterocycles. The first-order chi connectivity index (χ1) is 15.9. The van der Waals surface area contributed by atoms with Gasteiger partial charge in [-0.05, 0) is 36.2 Å². The molecule has 3 aromatic rings. The Morgan fingerprint density at radius 1 is 0.909 bits per heavy atom. The fourth-order valence-corrected chi connectivity index (χ4v) is 4.93. The van der Waals surface area contributed by atoms with Crippen molar-refractivity contribution in [2.45, 2.75) is 24.3 Å². The summed E-state index contributed by atoms with van der Waals surface area (Å²) >= 11 is 0. The second kappa shape index (κ2) is 10.9. The topological polar surface area (TPSA) is 84.9 Å². The lowest BCUT2D eigenvalue weighted by Gasteiger charge is -2.26. The van der Waals surface area contributed by atoms with Crippen molar-refractivity contribution >= 4 is 21.6 Å². The average molecular weight is 469 g/mol. The molecule has 7 nitrogen and oxygen atoms in total. The first-order valence-electron chi connectivity index (χ1n) is 10.5. The van der Waals surface area contributed by atoms with Crippen molar-refractivity contribution in [3.05, 3.63) is 84.4 Å². The van der Waals surface area contributed by atoms with Crippen molar-refractivity contribution in [3.8, 4) is 11.5 Å². The summed E-state index contributed by atoms with van der Waals surface area (Å²) in [6, 6.07) is 22.3. The maximum absolute atomic E-state index is 13.6. The first-order valence-corrected chi connectivity index (χ1v) is 12.0. The highest BCUT2D eigenvalue weighted by atomic mass is 32.2. The molecule has 0 spiro atoms. The third-order valence-electron chi connectivity index (χ3n) is 5.22. The van der Waals surface area contributed by atoms with Gasteiger partial charge in [0.15, 0.2) is 11.5 Å². The fraction of sp³-hybridized carbons (Fsp3) is 0.240. The number of amides is 1. The molecule has 0 fully saturated rings. The summed E-state index contributed by atoms with van der Waals surface area (Å²) in [6.45, 7) is 1.59. The van der Waals surface area contributed by atoms with E-state index in [0.717, 1.165) is 9.87 Å². The maximum Gasteiger partial charge on any atom is 0.264 e. The SMILES string of the molecule is CCC(NC(=O)CN(c1ccccc1)S(=O)(=O)c1ccc(OC)c(OC)c1)c1ccccc1. The molecule has 1 amide bonds. The van der Waals surface area contributed by atoms with Crippen molar-refractivity contribution in [1.82, 2.24) is 5.32 Å². The zero-order valence-electron chi connectivity index (χ0n) is 18.9. The van der Waals surface area contributed by atoms with Gasteiger partial charge in [0, 0.05) is 6.07 Å². The molecule has 1 unspecified atom stereocenters. The Morgan fingerprint density at radius 3 is 2.09 bits per heavy atom. The number of hydrogen-bond acceptors (Lipinski definition) is 5. The smallest absolute Gasteiger partial charge is 0.264 e. The van der Waals surface area contributed by atoms with Crippen molar-refractivity contribution < 1.29 is 22.7 Å². The van der Waals surface area contributed by atoms with Gasteiger partial charge in [-0.2, -0.15) is 0 Å². The molecular weight excluding hydrogens is 440 g/mol. The zero-order valence-corrected chi connectivity index (χ0v) is 19.7. The molecule has 1 N–H and O–H groups in total. The molecule has 174 valence electrons. The third-order valence-corrected chi connectivity index (χ3v) is 6.99. The molecule has 0 heterocycles. The Labute approximate surface area is 195 Å². The number of ether oxygens (including phenoxy) is 2. The van der Waals surface area contributed by atoms with Gasteiger partial charge < -0.3 is 14.8 Å². The monoisotopic (exact) mass is 468 g/mol. The van der Waals surface area contributed by atoms with E-state index in [1.54, 1.807) is 30.3 Å². The van der Waals surface area contributed by atoms with Crippen LogP contribution in [0.25, 0.3) is 0 Å². The van der Waals surface area contributed by atoms with Gasteiger partial charge in [0.25, 0.3) is 10.0 Å². The second-order valence-electron chi connectivity index (χ2n) is 7.30. The van der Waals surface area contributed by atoms with Crippen LogP contribution in [0.4, 0.5) is 5.69 Å². The number of carbonyl (C=O) groups is 1. The number of nitrogens with one attached hydrogen (secondary N) is 1. The van der Waals surface area contributed by atoms with E-state index in [-0.39, 0.29) is 23.2 Å². The van der Waals surface area contributed by atoms with E-state index in [1.807, 2.05) is 37.3 Å². The van der Waals surface area contributed by atoms with E-state index >= 15 is 0 Å². The van der Waals surface area contributed by atoms with Crippen LogP contribution in [-0.2, 0) is 14.8 Å². The van der Waals surface area contributed by atoms with Crippen LogP contribution < -0.4 is 19.1 Å². The molecule has 3 aromatic carbocycles. The van der Waals surface area contributed by atoms with Gasteiger partial charge in [-0.15, -0.1) is 0 Å². The number of anilines is 1. The molecule has 0 aliphatic carbocycles. The fourth-order valence-electron chi connectivity index (χ4n) is 3.49. The van der Waals surface area contributed by atoms with Crippen LogP contribution in [0.5, 0.6) is 11.5 Å². The lowest BCUT2D eigenvalue weighted by molar-refractivity contribution is -0.120. The molecule has 0 aromatic heterocycles. The lowest BCUT2D eigenvalue weighted by Crippen LogP contribution is -2.42. The summed E-state index contributed by atoms with van der Waals surface area (Å²) in [5, 5.41) is 2.96. The molecule has 0 saturated carbocycles. The van der Waals surface area contributed by atoms with E-state index < -0.39 is 15.9 Å². The van der Waals surface area contributed by atoms with E-state index in [2.05, 4.69) is 5.32 Å². The Kier molecular flexibility index (Phi) is 7.95. The number of benzene rings is 3. The third kappa shape index (κ3) is 5.64. The molecule has 0 bridgehead atoms. The van der Waals surface area contributed by atoms with Gasteiger partial charge in [0.2, 0.25) is 5.91 Å². The largest absolute Gasteiger partial charge is 0.493 e. The summed E-state index contributed by atoms with van der Waals surface area (Å²) in [6.07, 6.45) is 0.670. The van der Waals surface area contributed by atoms with Gasteiger partial charge >= 0.3 is 0 Å². The minimum absolute atomic E-state index is 0.00750. The van der Waals surface area contributed by atoms with Crippen LogP contribution in [0.3, 0.4) is 0 Å². The van der Waals surface area contributed by atoms with E-state index in [4.69, 9.17) is 9.47 Å². The molecule has 0 radical (unpaired) electrons. The predicted molar refractivity (Wildman–Crippen MR) is 128 cm³/mol. The number of sulfonamides is 1. The number of nitrogens with zero attached hydrogens (tertiary/aromatic N) is 1. The van der Waals surface area contributed by atoms with E-state index in [9.17, 15) is 13.2 Å². The molecule has 8 heteroatoms. The number of hydrogen-bond donors (Lipinski definition) is 1. The summed E-state index contributed by atoms with van der Waals surface area (Å²) in [5.74, 6) is 0.291. The predicted octanol–water partition coefficient (Wildman–Crippen LogP) is 4.17. The minimum Gasteiger partial charge on any atom is -0.493 e. The van der Waals surface area contributed by atoms with Crippen LogP contribution in [0.2, 0.25) is 0 Å². The number of rotatable bonds is 10. The minimum atomic E-state index is -4.08. The van der Waals surface area contributed by atoms with Crippen LogP contribution in [0, 0.1) is 0 Å². The van der Waals surface area contributed by atoms with Gasteiger partial charge in [-0.1, -0.05) is 55.5 Å². The summed E-state index contributed by atoms with van der Waals surface area (Å²) < 4.78 is 38.8. The van der Waals surface area contributed by atoms with Gasteiger partial charge in [0.05, 0.1) is 30.8 Å². The number of para-hydroxylation sites is 1. The van der Waals surface area contributed by atoms with Gasteiger partial charge in [-0.3, -0.25) is 9.10 Å². The van der Waals surface area contributed by atoms with Crippen molar-refractivity contribution in [3.63, 3.8) is 0 Å². The zero-order chi connectivity index (χ0) is 23.8. The van der Waals surface area contributed by atoms with Gasteiger partial charge in [-0.25, -0.2) is 8.42 Å². The standard InChI is InChI=1S/C25H28N2O5S/c1-4-22(19-11-7-5-8-12-19)26-25(28)18-27(20-13-9-6-10-14-20)33(29,30)21-15-16-23(31-2)24(17-21)32-3/h5-17,22H,4,18H2,1-3H3,(H,26,28). The highest BCUT2D eigenvalue weighted by Gasteiger charge is 2.29. The molecule has 3 rings (SSSR count). The Bertz CT molecular complexity index is 1170. The Balaban J connectivity index is 1.93. The van der Waals surface area contributed by atoms with Crippen LogP contribution >= 0.6 is 0 Å². The molecule has 33 heavy (non-hydrogen) atoms. The second-order valence-corrected chi connectivity index (χ2v) is 9.17. The summed E-state index contributed by atoms with van der Waals surface area (Å²) in [7, 11) is -1.17. The molecular formula is C25H28N2O5S. The quantitative estimate of drug-likeness (QED) is 0.483. The highest BCUT2D eigenvalue weighted by Crippen LogP contribution is 2.32. The Morgan fingerprint density at radius 2 is 1.52 bits per heavy atom. The molecule has 0 aliphatic rings. The van der Waals surface area contributed by atoms with Crippen LogP contribution in [-0.4, -0.2) is 35.1 Å². The maximum atomic E-state index is 13.6. The average Bonchev–Trinajstić information content (AvgIpc) is 2.86. The lowest BCUT2D eigenvalue weighted by atomic mass is 10.0. The molecule has 0 saturated heterocycles. The van der Waals surface area contributed by atoms with Crippen LogP contribution in [0.1, 0.15) is 24.9 Å². The van der Waals surface area contributed by atoms with Crippen molar-refractivity contribution in [2.75, 3.05) is 25.1 Å². The first kappa shape index (κ1) is 24.1. The Hall–Kier alpha value is -3.52. The van der Waals surface area contributed by atoms with Crippen molar-refractivity contribution in [2.24, 2.45) is 0 Å². The number of methoxy groups -OCH3 is 2. The van der Waals surface area contributed by atoms with E-state index in [0.29, 0.717) is 17.9 Å². The van der Waals surface area contributed by atoms with Crippen LogP contribution in [0.15, 0.2) is 83.8 Å². The normalized spacial score (nSPS) is 12.0. The molecule has 1 atom stereocenters.